The monoisotopic (exact) mass is 299 g/mol. The Labute approximate surface area is 122 Å². The molecule has 1 rings (SSSR count). The summed E-state index contributed by atoms with van der Waals surface area (Å²) in [5.41, 5.74) is 6.61. The van der Waals surface area contributed by atoms with Crippen LogP contribution in [-0.2, 0) is 4.74 Å². The topological polar surface area (TPSA) is 84.7 Å². The summed E-state index contributed by atoms with van der Waals surface area (Å²) < 4.78 is 5.07. The highest BCUT2D eigenvalue weighted by Crippen LogP contribution is 2.38. The zero-order chi connectivity index (χ0) is 15.3. The minimum atomic E-state index is -0.280. The molecule has 1 aromatic rings. The molecule has 112 valence electrons. The van der Waals surface area contributed by atoms with E-state index in [2.05, 4.69) is 5.32 Å². The number of nitrogens with zero attached hydrogens (tertiary/aromatic N) is 1. The molecular weight excluding hydrogens is 278 g/mol. The van der Waals surface area contributed by atoms with Crippen LogP contribution in [0, 0.1) is 0 Å². The smallest absolute Gasteiger partial charge is 0.256 e. The first kappa shape index (κ1) is 16.5. The number of amides is 1. The summed E-state index contributed by atoms with van der Waals surface area (Å²) in [6.45, 7) is 5.30. The Bertz CT molecular complexity index is 499. The number of rotatable bonds is 7. The van der Waals surface area contributed by atoms with Crippen LogP contribution in [0.3, 0.4) is 0 Å². The number of likely N-dealkylation sites (N-methyl/N-ethyl adjacent to an activating group) is 1. The molecule has 20 heavy (non-hydrogen) atoms. The quantitative estimate of drug-likeness (QED) is 0.743. The van der Waals surface area contributed by atoms with Crippen molar-refractivity contribution in [3.8, 4) is 0 Å². The number of carbonyl (C=O) groups excluding carboxylic acids is 2. The van der Waals surface area contributed by atoms with Crippen LogP contribution < -0.4 is 16.0 Å². The van der Waals surface area contributed by atoms with Crippen LogP contribution in [0.1, 0.15) is 33.9 Å². The van der Waals surface area contributed by atoms with E-state index in [0.717, 1.165) is 0 Å². The number of carbonyl (C=O) groups is 2. The zero-order valence-electron chi connectivity index (χ0n) is 12.3. The van der Waals surface area contributed by atoms with Gasteiger partial charge in [0.25, 0.3) is 5.91 Å². The second-order valence-electron chi connectivity index (χ2n) is 4.23. The summed E-state index contributed by atoms with van der Waals surface area (Å²) in [5.74, 6) is -0.413. The lowest BCUT2D eigenvalue weighted by atomic mass is 10.2. The van der Waals surface area contributed by atoms with Crippen molar-refractivity contribution in [3.63, 3.8) is 0 Å². The van der Waals surface area contributed by atoms with E-state index >= 15 is 0 Å². The molecular formula is C13H21N3O3S. The molecule has 3 N–H and O–H groups in total. The lowest BCUT2D eigenvalue weighted by Crippen LogP contribution is -2.29. The van der Waals surface area contributed by atoms with Crippen molar-refractivity contribution in [1.29, 1.82) is 0 Å². The number of anilines is 2. The van der Waals surface area contributed by atoms with Gasteiger partial charge in [-0.05, 0) is 6.92 Å². The average molecular weight is 299 g/mol. The van der Waals surface area contributed by atoms with Gasteiger partial charge in [0.1, 0.15) is 5.00 Å². The van der Waals surface area contributed by atoms with Crippen LogP contribution >= 0.6 is 11.3 Å². The SMILES string of the molecule is CCN(CCOC)c1sc(C(C)=O)c(N)c1C(=O)NC. The molecule has 0 bridgehead atoms. The summed E-state index contributed by atoms with van der Waals surface area (Å²) in [5, 5.41) is 3.28. The predicted molar refractivity (Wildman–Crippen MR) is 81.9 cm³/mol. The summed E-state index contributed by atoms with van der Waals surface area (Å²) in [7, 11) is 3.17. The van der Waals surface area contributed by atoms with E-state index in [9.17, 15) is 9.59 Å². The molecule has 1 amide bonds. The number of hydrogen-bond acceptors (Lipinski definition) is 6. The van der Waals surface area contributed by atoms with Crippen LogP contribution in [-0.4, -0.2) is 45.5 Å². The van der Waals surface area contributed by atoms with Gasteiger partial charge in [-0.15, -0.1) is 11.3 Å². The van der Waals surface area contributed by atoms with Gasteiger partial charge in [-0.3, -0.25) is 9.59 Å². The standard InChI is InChI=1S/C13H21N3O3S/c1-5-16(6-7-19-4)13-9(12(18)15-3)10(14)11(20-13)8(2)17/h5-7,14H2,1-4H3,(H,15,18). The number of ketones is 1. The molecule has 0 radical (unpaired) electrons. The molecule has 0 aliphatic rings. The highest BCUT2D eigenvalue weighted by atomic mass is 32.1. The van der Waals surface area contributed by atoms with E-state index in [-0.39, 0.29) is 17.4 Å². The molecule has 0 saturated carbocycles. The summed E-state index contributed by atoms with van der Waals surface area (Å²) in [6, 6.07) is 0. The predicted octanol–water partition coefficient (Wildman–Crippen LogP) is 1.37. The first-order valence-corrected chi connectivity index (χ1v) is 7.18. The Balaban J connectivity index is 3.31. The third-order valence-electron chi connectivity index (χ3n) is 2.93. The van der Waals surface area contributed by atoms with E-state index in [1.165, 1.54) is 18.3 Å². The van der Waals surface area contributed by atoms with Gasteiger partial charge < -0.3 is 20.7 Å². The maximum absolute atomic E-state index is 12.0. The number of hydrogen-bond donors (Lipinski definition) is 2. The maximum Gasteiger partial charge on any atom is 0.256 e. The molecule has 0 saturated heterocycles. The van der Waals surface area contributed by atoms with Crippen molar-refractivity contribution in [2.45, 2.75) is 13.8 Å². The molecule has 0 aromatic carbocycles. The first-order valence-electron chi connectivity index (χ1n) is 6.37. The molecule has 0 fully saturated rings. The van der Waals surface area contributed by atoms with Gasteiger partial charge in [0.15, 0.2) is 5.78 Å². The highest BCUT2D eigenvalue weighted by Gasteiger charge is 2.26. The minimum absolute atomic E-state index is 0.133. The Morgan fingerprint density at radius 3 is 2.55 bits per heavy atom. The number of nitrogen functional groups attached to an aromatic ring is 1. The molecule has 0 aliphatic heterocycles. The average Bonchev–Trinajstić information content (AvgIpc) is 2.77. The number of nitrogens with two attached hydrogens (primary N) is 1. The molecule has 0 unspecified atom stereocenters. The fraction of sp³-hybridized carbons (Fsp3) is 0.538. The van der Waals surface area contributed by atoms with Gasteiger partial charge in [-0.2, -0.15) is 0 Å². The molecule has 1 aromatic heterocycles. The molecule has 0 aliphatic carbocycles. The van der Waals surface area contributed by atoms with Gasteiger partial charge >= 0.3 is 0 Å². The van der Waals surface area contributed by atoms with Crippen molar-refractivity contribution in [3.05, 3.63) is 10.4 Å². The van der Waals surface area contributed by atoms with Gasteiger partial charge in [0.2, 0.25) is 0 Å². The summed E-state index contributed by atoms with van der Waals surface area (Å²) >= 11 is 1.26. The van der Waals surface area contributed by atoms with Gasteiger partial charge in [-0.25, -0.2) is 0 Å². The number of Topliss-reactive ketones (excluding diaryl/α,β-unsaturated/α-hetero) is 1. The number of methoxy groups -OCH3 is 1. The number of thiophene rings is 1. The van der Waals surface area contributed by atoms with Crippen molar-refractivity contribution in [1.82, 2.24) is 5.32 Å². The first-order chi connectivity index (χ1) is 9.47. The van der Waals surface area contributed by atoms with Crippen LogP contribution in [0.4, 0.5) is 10.7 Å². The van der Waals surface area contributed by atoms with Crippen molar-refractivity contribution >= 4 is 33.7 Å². The van der Waals surface area contributed by atoms with Gasteiger partial charge in [0.05, 0.1) is 22.7 Å². The molecule has 7 heteroatoms. The Kier molecular flexibility index (Phi) is 5.97. The van der Waals surface area contributed by atoms with Crippen LogP contribution in [0.2, 0.25) is 0 Å². The van der Waals surface area contributed by atoms with E-state index in [0.29, 0.717) is 35.1 Å². The highest BCUT2D eigenvalue weighted by molar-refractivity contribution is 7.19. The van der Waals surface area contributed by atoms with E-state index in [4.69, 9.17) is 10.5 Å². The fourth-order valence-electron chi connectivity index (χ4n) is 1.86. The normalized spacial score (nSPS) is 10.4. The molecule has 6 nitrogen and oxygen atoms in total. The van der Waals surface area contributed by atoms with Crippen LogP contribution in [0.5, 0.6) is 0 Å². The largest absolute Gasteiger partial charge is 0.397 e. The maximum atomic E-state index is 12.0. The van der Waals surface area contributed by atoms with Gasteiger partial charge in [0, 0.05) is 34.2 Å². The van der Waals surface area contributed by atoms with E-state index in [1.54, 1.807) is 14.2 Å². The lowest BCUT2D eigenvalue weighted by Gasteiger charge is -2.22. The van der Waals surface area contributed by atoms with Crippen LogP contribution in [0.25, 0.3) is 0 Å². The molecule has 1 heterocycles. The van der Waals surface area contributed by atoms with Crippen LogP contribution in [0.15, 0.2) is 0 Å². The second kappa shape index (κ2) is 7.25. The number of nitrogens with one attached hydrogen (secondary N) is 1. The Hall–Kier alpha value is -1.60. The third-order valence-corrected chi connectivity index (χ3v) is 4.30. The lowest BCUT2D eigenvalue weighted by molar-refractivity contribution is 0.0964. The number of ether oxygens (including phenoxy) is 1. The summed E-state index contributed by atoms with van der Waals surface area (Å²) in [6.07, 6.45) is 0. The van der Waals surface area contributed by atoms with Crippen molar-refractivity contribution in [2.75, 3.05) is 44.5 Å². The Morgan fingerprint density at radius 1 is 1.45 bits per heavy atom. The molecule has 0 spiro atoms. The van der Waals surface area contributed by atoms with E-state index < -0.39 is 0 Å². The Morgan fingerprint density at radius 2 is 2.10 bits per heavy atom. The van der Waals surface area contributed by atoms with Crippen molar-refractivity contribution in [2.24, 2.45) is 0 Å². The second-order valence-corrected chi connectivity index (χ2v) is 5.23. The summed E-state index contributed by atoms with van der Waals surface area (Å²) in [4.78, 5) is 26.1. The van der Waals surface area contributed by atoms with E-state index in [1.807, 2.05) is 11.8 Å². The minimum Gasteiger partial charge on any atom is -0.397 e. The van der Waals surface area contributed by atoms with Gasteiger partial charge in [-0.1, -0.05) is 0 Å². The fourth-order valence-corrected chi connectivity index (χ4v) is 3.07. The zero-order valence-corrected chi connectivity index (χ0v) is 13.1. The molecule has 0 atom stereocenters. The third kappa shape index (κ3) is 3.29. The van der Waals surface area contributed by atoms with Crippen molar-refractivity contribution < 1.29 is 14.3 Å².